The molecule has 0 saturated carbocycles. The second-order valence-corrected chi connectivity index (χ2v) is 9.41. The summed E-state index contributed by atoms with van der Waals surface area (Å²) in [6, 6.07) is 9.59. The van der Waals surface area contributed by atoms with Crippen molar-refractivity contribution < 1.29 is 33.0 Å². The molecule has 35 heavy (non-hydrogen) atoms. The van der Waals surface area contributed by atoms with Crippen molar-refractivity contribution in [1.29, 1.82) is 0 Å². The summed E-state index contributed by atoms with van der Waals surface area (Å²) in [5.74, 6) is -2.46. The highest BCUT2D eigenvalue weighted by Crippen LogP contribution is 2.53. The minimum absolute atomic E-state index is 0.250. The van der Waals surface area contributed by atoms with E-state index >= 15 is 0 Å². The van der Waals surface area contributed by atoms with Crippen molar-refractivity contribution in [3.8, 4) is 11.5 Å². The zero-order valence-electron chi connectivity index (χ0n) is 19.9. The van der Waals surface area contributed by atoms with E-state index in [1.807, 2.05) is 6.26 Å². The number of ether oxygens (including phenoxy) is 3. The number of hydrogen-bond acceptors (Lipinski definition) is 8. The Morgan fingerprint density at radius 1 is 1.09 bits per heavy atom. The number of anilines is 1. The van der Waals surface area contributed by atoms with Gasteiger partial charge in [-0.25, -0.2) is 9.29 Å². The second kappa shape index (κ2) is 9.87. The molecule has 0 radical (unpaired) electrons. The molecule has 2 aromatic carbocycles. The SMILES string of the molecule is COC(=O)[C@]1(CCSC)N[C@H](c2ccc(OC)cc2OC)[C@@H]2C(=O)N(c3ccc(F)cc3)C(=O)[C@H]21. The Morgan fingerprint density at radius 3 is 2.40 bits per heavy atom. The van der Waals surface area contributed by atoms with E-state index in [2.05, 4.69) is 5.32 Å². The largest absolute Gasteiger partial charge is 0.497 e. The Morgan fingerprint density at radius 2 is 1.80 bits per heavy atom. The monoisotopic (exact) mass is 502 g/mol. The van der Waals surface area contributed by atoms with Crippen LogP contribution >= 0.6 is 11.8 Å². The fraction of sp³-hybridized carbons (Fsp3) is 0.400. The average molecular weight is 503 g/mol. The van der Waals surface area contributed by atoms with E-state index in [9.17, 15) is 18.8 Å². The minimum Gasteiger partial charge on any atom is -0.497 e. The number of benzene rings is 2. The molecule has 0 unspecified atom stereocenters. The normalized spacial score (nSPS) is 25.5. The number of thioether (sulfide) groups is 1. The van der Waals surface area contributed by atoms with Crippen LogP contribution in [0.25, 0.3) is 0 Å². The molecule has 2 aliphatic rings. The van der Waals surface area contributed by atoms with Gasteiger partial charge in [0.1, 0.15) is 22.9 Å². The number of rotatable bonds is 8. The summed E-state index contributed by atoms with van der Waals surface area (Å²) in [5, 5.41) is 3.33. The average Bonchev–Trinajstić information content (AvgIpc) is 3.36. The van der Waals surface area contributed by atoms with Crippen LogP contribution in [-0.2, 0) is 19.1 Å². The lowest BCUT2D eigenvalue weighted by Gasteiger charge is -2.32. The van der Waals surface area contributed by atoms with Gasteiger partial charge in [0, 0.05) is 17.7 Å². The van der Waals surface area contributed by atoms with E-state index in [-0.39, 0.29) is 12.1 Å². The highest BCUT2D eigenvalue weighted by atomic mass is 32.2. The van der Waals surface area contributed by atoms with Crippen LogP contribution in [0.5, 0.6) is 11.5 Å². The lowest BCUT2D eigenvalue weighted by atomic mass is 9.77. The number of amides is 2. The van der Waals surface area contributed by atoms with Gasteiger partial charge < -0.3 is 14.2 Å². The van der Waals surface area contributed by atoms with Gasteiger partial charge in [0.2, 0.25) is 11.8 Å². The lowest BCUT2D eigenvalue weighted by molar-refractivity contribution is -0.152. The van der Waals surface area contributed by atoms with Crippen LogP contribution in [0.1, 0.15) is 18.0 Å². The topological polar surface area (TPSA) is 94.2 Å². The van der Waals surface area contributed by atoms with Gasteiger partial charge in [-0.3, -0.25) is 19.7 Å². The molecule has 0 bridgehead atoms. The van der Waals surface area contributed by atoms with E-state index < -0.39 is 47.0 Å². The fourth-order valence-corrected chi connectivity index (χ4v) is 5.68. The molecule has 2 aromatic rings. The van der Waals surface area contributed by atoms with Gasteiger partial charge in [-0.15, -0.1) is 0 Å². The van der Waals surface area contributed by atoms with Crippen LogP contribution in [-0.4, -0.2) is 56.7 Å². The molecule has 0 spiro atoms. The van der Waals surface area contributed by atoms with E-state index in [4.69, 9.17) is 14.2 Å². The van der Waals surface area contributed by atoms with Crippen molar-refractivity contribution in [3.63, 3.8) is 0 Å². The summed E-state index contributed by atoms with van der Waals surface area (Å²) in [7, 11) is 4.29. The zero-order valence-corrected chi connectivity index (χ0v) is 20.7. The molecule has 0 aromatic heterocycles. The Bertz CT molecular complexity index is 1140. The van der Waals surface area contributed by atoms with E-state index in [1.165, 1.54) is 57.4 Å². The third-order valence-electron chi connectivity index (χ3n) is 6.76. The Balaban J connectivity index is 1.88. The van der Waals surface area contributed by atoms with Crippen LogP contribution < -0.4 is 19.7 Å². The number of hydrogen-bond donors (Lipinski definition) is 1. The Hall–Kier alpha value is -3.11. The molecule has 2 aliphatic heterocycles. The van der Waals surface area contributed by atoms with Gasteiger partial charge >= 0.3 is 5.97 Å². The molecular formula is C25H27FN2O6S. The summed E-state index contributed by atoms with van der Waals surface area (Å²) in [6.45, 7) is 0. The molecule has 2 saturated heterocycles. The first kappa shape index (κ1) is 25.0. The standard InChI is InChI=1S/C25H27FN2O6S/c1-32-16-9-10-17(18(13-16)33-2)21-19-20(25(27-21,11-12-35-4)24(31)34-3)23(30)28(22(19)29)15-7-5-14(26)6-8-15/h5-10,13,19-21,27H,11-12H2,1-4H3/t19-,20+,21-,25-/m1/s1. The van der Waals surface area contributed by atoms with Crippen LogP contribution in [0, 0.1) is 17.7 Å². The van der Waals surface area contributed by atoms with Gasteiger partial charge in [-0.05, 0) is 48.8 Å². The van der Waals surface area contributed by atoms with Gasteiger partial charge in [0.15, 0.2) is 0 Å². The molecule has 186 valence electrons. The van der Waals surface area contributed by atoms with E-state index in [1.54, 1.807) is 18.2 Å². The smallest absolute Gasteiger partial charge is 0.326 e. The molecule has 2 amide bonds. The second-order valence-electron chi connectivity index (χ2n) is 8.43. The summed E-state index contributed by atoms with van der Waals surface area (Å²) in [6.07, 6.45) is 2.17. The number of carbonyl (C=O) groups excluding carboxylic acids is 3. The maximum Gasteiger partial charge on any atom is 0.326 e. The summed E-state index contributed by atoms with van der Waals surface area (Å²) >= 11 is 1.52. The molecule has 0 aliphatic carbocycles. The molecule has 8 nitrogen and oxygen atoms in total. The van der Waals surface area contributed by atoms with Crippen molar-refractivity contribution >= 4 is 35.2 Å². The lowest BCUT2D eigenvalue weighted by Crippen LogP contribution is -2.56. The van der Waals surface area contributed by atoms with E-state index in [0.29, 0.717) is 22.8 Å². The van der Waals surface area contributed by atoms with Gasteiger partial charge in [0.05, 0.1) is 38.9 Å². The maximum absolute atomic E-state index is 13.8. The number of nitrogens with zero attached hydrogens (tertiary/aromatic N) is 1. The van der Waals surface area contributed by atoms with Gasteiger partial charge in [0.25, 0.3) is 0 Å². The molecule has 2 heterocycles. The van der Waals surface area contributed by atoms with Crippen LogP contribution in [0.2, 0.25) is 0 Å². The molecular weight excluding hydrogens is 475 g/mol. The first-order valence-corrected chi connectivity index (χ1v) is 12.4. The predicted molar refractivity (Wildman–Crippen MR) is 129 cm³/mol. The van der Waals surface area contributed by atoms with E-state index in [0.717, 1.165) is 4.90 Å². The number of methoxy groups -OCH3 is 3. The van der Waals surface area contributed by atoms with Crippen molar-refractivity contribution in [2.24, 2.45) is 11.8 Å². The fourth-order valence-electron chi connectivity index (χ4n) is 5.15. The molecule has 4 atom stereocenters. The number of fused-ring (bicyclic) bond motifs is 1. The highest BCUT2D eigenvalue weighted by Gasteiger charge is 2.69. The zero-order chi connectivity index (χ0) is 25.3. The Labute approximate surface area is 207 Å². The minimum atomic E-state index is -1.43. The number of esters is 1. The predicted octanol–water partition coefficient (Wildman–Crippen LogP) is 2.96. The third kappa shape index (κ3) is 4.04. The maximum atomic E-state index is 13.8. The summed E-state index contributed by atoms with van der Waals surface area (Å²) in [4.78, 5) is 42.0. The first-order chi connectivity index (χ1) is 16.8. The van der Waals surface area contributed by atoms with Crippen LogP contribution in [0.15, 0.2) is 42.5 Å². The quantitative estimate of drug-likeness (QED) is 0.435. The first-order valence-electron chi connectivity index (χ1n) is 11.0. The molecule has 2 fully saturated rings. The van der Waals surface area contributed by atoms with Gasteiger partial charge in [-0.1, -0.05) is 6.07 Å². The van der Waals surface area contributed by atoms with Crippen molar-refractivity contribution in [2.45, 2.75) is 18.0 Å². The van der Waals surface area contributed by atoms with Crippen molar-refractivity contribution in [3.05, 3.63) is 53.8 Å². The van der Waals surface area contributed by atoms with Crippen LogP contribution in [0.3, 0.4) is 0 Å². The number of imide groups is 1. The molecule has 10 heteroatoms. The highest BCUT2D eigenvalue weighted by molar-refractivity contribution is 7.98. The molecule has 4 rings (SSSR count). The summed E-state index contributed by atoms with van der Waals surface area (Å²) in [5.41, 5.74) is -0.570. The number of nitrogens with one attached hydrogen (secondary N) is 1. The number of carbonyl (C=O) groups is 3. The third-order valence-corrected chi connectivity index (χ3v) is 7.38. The number of halogens is 1. The summed E-state index contributed by atoms with van der Waals surface area (Å²) < 4.78 is 29.6. The van der Waals surface area contributed by atoms with Crippen molar-refractivity contribution in [2.75, 3.05) is 38.2 Å². The van der Waals surface area contributed by atoms with Crippen molar-refractivity contribution in [1.82, 2.24) is 5.32 Å². The van der Waals surface area contributed by atoms with Gasteiger partial charge in [-0.2, -0.15) is 11.8 Å². The van der Waals surface area contributed by atoms with Crippen LogP contribution in [0.4, 0.5) is 10.1 Å². The molecule has 1 N–H and O–H groups in total. The Kier molecular flexibility index (Phi) is 7.05.